The molecule has 9 heavy (non-hydrogen) atoms. The molecule has 0 heterocycles. The van der Waals surface area contributed by atoms with Gasteiger partial charge in [-0.05, 0) is 6.92 Å². The van der Waals surface area contributed by atoms with Gasteiger partial charge < -0.3 is 0 Å². The summed E-state index contributed by atoms with van der Waals surface area (Å²) in [6, 6.07) is 0. The number of hydrogen-bond acceptors (Lipinski definition) is 3. The van der Waals surface area contributed by atoms with Crippen LogP contribution in [0.2, 0.25) is 0 Å². The van der Waals surface area contributed by atoms with Gasteiger partial charge in [0, 0.05) is 0 Å². The number of terminal acetylenes is 1. The lowest BCUT2D eigenvalue weighted by Crippen LogP contribution is -2.01. The lowest BCUT2D eigenvalue weighted by Gasteiger charge is -1.95. The van der Waals surface area contributed by atoms with Gasteiger partial charge in [0.15, 0.2) is 0 Å². The minimum absolute atomic E-state index is 0.0204. The van der Waals surface area contributed by atoms with Crippen molar-refractivity contribution in [3.63, 3.8) is 0 Å². The zero-order valence-corrected chi connectivity index (χ0v) is 5.94. The van der Waals surface area contributed by atoms with Crippen molar-refractivity contribution in [1.82, 2.24) is 0 Å². The van der Waals surface area contributed by atoms with Crippen LogP contribution < -0.4 is 0 Å². The second kappa shape index (κ2) is 5.76. The summed E-state index contributed by atoms with van der Waals surface area (Å²) in [5.41, 5.74) is 0. The molecule has 0 aliphatic rings. The Labute approximate surface area is 57.2 Å². The maximum atomic E-state index is 10.4. The van der Waals surface area contributed by atoms with E-state index in [1.165, 1.54) is 0 Å². The highest BCUT2D eigenvalue weighted by Gasteiger charge is 1.94. The molecule has 3 nitrogen and oxygen atoms in total. The summed E-state index contributed by atoms with van der Waals surface area (Å²) in [6.45, 7) is 2.10. The molecule has 0 saturated carbocycles. The van der Waals surface area contributed by atoms with E-state index in [1.54, 1.807) is 6.92 Å². The quantitative estimate of drug-likeness (QED) is 0.536. The topological polar surface area (TPSA) is 35.5 Å². The van der Waals surface area contributed by atoms with E-state index in [-0.39, 0.29) is 6.61 Å². The summed E-state index contributed by atoms with van der Waals surface area (Å²) in [7, 11) is 0. The minimum Gasteiger partial charge on any atom is -0.269 e. The number of hydrogen-bond donors (Lipinski definition) is 0. The van der Waals surface area contributed by atoms with Gasteiger partial charge in [-0.2, -0.15) is 4.21 Å². The summed E-state index contributed by atoms with van der Waals surface area (Å²) < 4.78 is 19.3. The van der Waals surface area contributed by atoms with Gasteiger partial charge in [-0.25, -0.2) is 0 Å². The standard InChI is InChI=1S/C5H8O3S/c1-3-5-8-9(6)7-4-2/h1H,4-5H2,2H3. The van der Waals surface area contributed by atoms with Gasteiger partial charge in [0.25, 0.3) is 0 Å². The van der Waals surface area contributed by atoms with Crippen molar-refractivity contribution >= 4 is 11.4 Å². The van der Waals surface area contributed by atoms with E-state index in [1.807, 2.05) is 0 Å². The van der Waals surface area contributed by atoms with Crippen molar-refractivity contribution in [1.29, 1.82) is 0 Å². The maximum Gasteiger partial charge on any atom is 0.305 e. The third-order valence-corrected chi connectivity index (χ3v) is 1.19. The minimum atomic E-state index is -1.66. The zero-order valence-electron chi connectivity index (χ0n) is 5.12. The summed E-state index contributed by atoms with van der Waals surface area (Å²) in [5.74, 6) is 2.16. The van der Waals surface area contributed by atoms with Crippen LogP contribution in [0.4, 0.5) is 0 Å². The molecular formula is C5H8O3S. The molecule has 0 aliphatic heterocycles. The SMILES string of the molecule is C#CCOS(=O)OCC. The summed E-state index contributed by atoms with van der Waals surface area (Å²) >= 11 is -1.66. The summed E-state index contributed by atoms with van der Waals surface area (Å²) in [6.07, 6.45) is 4.81. The third kappa shape index (κ3) is 5.50. The average Bonchev–Trinajstić information content (AvgIpc) is 1.85. The summed E-state index contributed by atoms with van der Waals surface area (Å²) in [4.78, 5) is 0. The van der Waals surface area contributed by atoms with E-state index in [9.17, 15) is 4.21 Å². The monoisotopic (exact) mass is 148 g/mol. The van der Waals surface area contributed by atoms with E-state index in [2.05, 4.69) is 14.3 Å². The average molecular weight is 148 g/mol. The molecule has 0 aromatic heterocycles. The fraction of sp³-hybridized carbons (Fsp3) is 0.600. The van der Waals surface area contributed by atoms with Crippen molar-refractivity contribution < 1.29 is 12.6 Å². The van der Waals surface area contributed by atoms with Crippen LogP contribution in [0.3, 0.4) is 0 Å². The molecule has 1 unspecified atom stereocenters. The van der Waals surface area contributed by atoms with Gasteiger partial charge in [-0.1, -0.05) is 5.92 Å². The smallest absolute Gasteiger partial charge is 0.269 e. The van der Waals surface area contributed by atoms with Crippen LogP contribution in [0.1, 0.15) is 6.92 Å². The first-order valence-corrected chi connectivity index (χ1v) is 3.43. The molecule has 0 N–H and O–H groups in total. The van der Waals surface area contributed by atoms with Crippen molar-refractivity contribution in [2.75, 3.05) is 13.2 Å². The Kier molecular flexibility index (Phi) is 5.52. The second-order valence-electron chi connectivity index (χ2n) is 1.08. The maximum absolute atomic E-state index is 10.4. The van der Waals surface area contributed by atoms with Gasteiger partial charge in [0.2, 0.25) is 0 Å². The van der Waals surface area contributed by atoms with E-state index in [0.29, 0.717) is 6.61 Å². The van der Waals surface area contributed by atoms with Crippen molar-refractivity contribution in [2.24, 2.45) is 0 Å². The molecule has 4 heteroatoms. The van der Waals surface area contributed by atoms with Gasteiger partial charge in [0.1, 0.15) is 6.61 Å². The molecule has 0 spiro atoms. The van der Waals surface area contributed by atoms with Crippen LogP contribution in [-0.4, -0.2) is 17.4 Å². The molecule has 0 radical (unpaired) electrons. The van der Waals surface area contributed by atoms with E-state index in [0.717, 1.165) is 0 Å². The molecule has 0 rings (SSSR count). The van der Waals surface area contributed by atoms with Gasteiger partial charge in [0.05, 0.1) is 6.61 Å². The fourth-order valence-electron chi connectivity index (χ4n) is 0.212. The van der Waals surface area contributed by atoms with Crippen LogP contribution >= 0.6 is 0 Å². The first-order valence-electron chi connectivity index (χ1n) is 2.43. The molecule has 0 aliphatic carbocycles. The number of rotatable bonds is 4. The van der Waals surface area contributed by atoms with Crippen LogP contribution in [0, 0.1) is 12.3 Å². The normalized spacial score (nSPS) is 12.4. The first kappa shape index (κ1) is 8.63. The van der Waals surface area contributed by atoms with Crippen LogP contribution in [-0.2, 0) is 19.7 Å². The van der Waals surface area contributed by atoms with Gasteiger partial charge in [-0.15, -0.1) is 6.42 Å². The molecule has 1 atom stereocenters. The Morgan fingerprint density at radius 1 is 1.67 bits per heavy atom. The molecular weight excluding hydrogens is 140 g/mol. The Bertz CT molecular complexity index is 127. The lowest BCUT2D eigenvalue weighted by molar-refractivity contribution is 0.281. The highest BCUT2D eigenvalue weighted by molar-refractivity contribution is 7.75. The Hall–Kier alpha value is -0.370. The van der Waals surface area contributed by atoms with Gasteiger partial charge in [-0.3, -0.25) is 8.37 Å². The van der Waals surface area contributed by atoms with Crippen molar-refractivity contribution in [3.05, 3.63) is 0 Å². The lowest BCUT2D eigenvalue weighted by atomic mass is 10.8. The van der Waals surface area contributed by atoms with Crippen LogP contribution in [0.5, 0.6) is 0 Å². The molecule has 0 aromatic carbocycles. The van der Waals surface area contributed by atoms with Crippen molar-refractivity contribution in [3.8, 4) is 12.3 Å². The highest BCUT2D eigenvalue weighted by Crippen LogP contribution is 1.85. The third-order valence-electron chi connectivity index (χ3n) is 0.453. The van der Waals surface area contributed by atoms with E-state index >= 15 is 0 Å². The Morgan fingerprint density at radius 2 is 2.33 bits per heavy atom. The van der Waals surface area contributed by atoms with Gasteiger partial charge >= 0.3 is 11.4 Å². The predicted octanol–water partition coefficient (Wildman–Crippen LogP) is 0.251. The molecule has 0 amide bonds. The zero-order chi connectivity index (χ0) is 7.11. The molecule has 0 fully saturated rings. The van der Waals surface area contributed by atoms with E-state index in [4.69, 9.17) is 6.42 Å². The largest absolute Gasteiger partial charge is 0.305 e. The molecule has 0 saturated heterocycles. The second-order valence-corrected chi connectivity index (χ2v) is 1.96. The van der Waals surface area contributed by atoms with Crippen molar-refractivity contribution in [2.45, 2.75) is 6.92 Å². The first-order chi connectivity index (χ1) is 4.31. The Balaban J connectivity index is 3.19. The van der Waals surface area contributed by atoms with Crippen LogP contribution in [0.15, 0.2) is 0 Å². The van der Waals surface area contributed by atoms with Crippen LogP contribution in [0.25, 0.3) is 0 Å². The fourth-order valence-corrected chi connectivity index (χ4v) is 0.637. The molecule has 52 valence electrons. The molecule has 0 bridgehead atoms. The van der Waals surface area contributed by atoms with E-state index < -0.39 is 11.4 Å². The molecule has 0 aromatic rings. The highest BCUT2D eigenvalue weighted by atomic mass is 32.2. The Morgan fingerprint density at radius 3 is 2.78 bits per heavy atom. The predicted molar refractivity (Wildman–Crippen MR) is 34.6 cm³/mol. The summed E-state index contributed by atoms with van der Waals surface area (Å²) in [5, 5.41) is 0.